The molecule has 18 heavy (non-hydrogen) atoms. The Morgan fingerprint density at radius 3 is 2.67 bits per heavy atom. The summed E-state index contributed by atoms with van der Waals surface area (Å²) in [7, 11) is 1.22. The van der Waals surface area contributed by atoms with Gasteiger partial charge in [0, 0.05) is 6.07 Å². The van der Waals surface area contributed by atoms with Gasteiger partial charge in [-0.05, 0) is 25.1 Å². The molecule has 1 heterocycles. The van der Waals surface area contributed by atoms with Gasteiger partial charge in [-0.25, -0.2) is 9.18 Å². The topological polar surface area (TPSA) is 64.4 Å². The summed E-state index contributed by atoms with van der Waals surface area (Å²) >= 11 is 0. The molecule has 0 atom stereocenters. The Hall–Kier alpha value is -2.37. The number of hydrogen-bond donors (Lipinski definition) is 1. The zero-order chi connectivity index (χ0) is 13.3. The van der Waals surface area contributed by atoms with Gasteiger partial charge in [-0.15, -0.1) is 0 Å². The highest BCUT2D eigenvalue weighted by Crippen LogP contribution is 2.21. The standard InChI is InChI=1S/C12H11FN2O3/c1-7-5-11(16)15(14-7)10-4-3-8(6-9(10)13)12(17)18-2/h3-6,16H,1-2H3. The molecular formula is C12H11FN2O3. The molecule has 0 unspecified atom stereocenters. The largest absolute Gasteiger partial charge is 0.493 e. The van der Waals surface area contributed by atoms with Crippen molar-refractivity contribution in [1.82, 2.24) is 9.78 Å². The molecular weight excluding hydrogens is 239 g/mol. The van der Waals surface area contributed by atoms with Crippen LogP contribution in [0.4, 0.5) is 4.39 Å². The maximum absolute atomic E-state index is 13.8. The molecule has 0 amide bonds. The Morgan fingerprint density at radius 1 is 1.44 bits per heavy atom. The molecule has 0 aliphatic heterocycles. The van der Waals surface area contributed by atoms with E-state index in [-0.39, 0.29) is 17.1 Å². The van der Waals surface area contributed by atoms with Crippen molar-refractivity contribution in [2.24, 2.45) is 0 Å². The fourth-order valence-corrected chi connectivity index (χ4v) is 1.59. The van der Waals surface area contributed by atoms with Crippen molar-refractivity contribution < 1.29 is 19.0 Å². The second kappa shape index (κ2) is 4.48. The van der Waals surface area contributed by atoms with Gasteiger partial charge in [-0.3, -0.25) is 0 Å². The van der Waals surface area contributed by atoms with Crippen LogP contribution < -0.4 is 0 Å². The molecule has 2 rings (SSSR count). The highest BCUT2D eigenvalue weighted by Gasteiger charge is 2.14. The van der Waals surface area contributed by atoms with E-state index in [2.05, 4.69) is 9.84 Å². The number of aromatic hydroxyl groups is 1. The molecule has 0 bridgehead atoms. The number of carbonyl (C=O) groups excluding carboxylic acids is 1. The molecule has 1 aromatic carbocycles. The average Bonchev–Trinajstić information content (AvgIpc) is 2.67. The molecule has 1 aromatic heterocycles. The van der Waals surface area contributed by atoms with Crippen molar-refractivity contribution in [3.05, 3.63) is 41.3 Å². The third-order valence-corrected chi connectivity index (χ3v) is 2.41. The third kappa shape index (κ3) is 2.04. The average molecular weight is 250 g/mol. The van der Waals surface area contributed by atoms with Gasteiger partial charge in [0.15, 0.2) is 0 Å². The first-order valence-corrected chi connectivity index (χ1v) is 5.17. The van der Waals surface area contributed by atoms with Crippen LogP contribution in [-0.2, 0) is 4.74 Å². The molecule has 0 spiro atoms. The lowest BCUT2D eigenvalue weighted by atomic mass is 10.2. The molecule has 0 fully saturated rings. The van der Waals surface area contributed by atoms with E-state index in [1.807, 2.05) is 0 Å². The second-order valence-corrected chi connectivity index (χ2v) is 3.71. The maximum Gasteiger partial charge on any atom is 0.337 e. The van der Waals surface area contributed by atoms with E-state index in [1.54, 1.807) is 6.92 Å². The Bertz CT molecular complexity index is 607. The lowest BCUT2D eigenvalue weighted by Gasteiger charge is -2.06. The minimum absolute atomic E-state index is 0.0632. The summed E-state index contributed by atoms with van der Waals surface area (Å²) in [5.41, 5.74) is 0.722. The zero-order valence-corrected chi connectivity index (χ0v) is 9.85. The first-order valence-electron chi connectivity index (χ1n) is 5.17. The van der Waals surface area contributed by atoms with Gasteiger partial charge < -0.3 is 9.84 Å². The lowest BCUT2D eigenvalue weighted by molar-refractivity contribution is 0.0600. The molecule has 0 aliphatic carbocycles. The van der Waals surface area contributed by atoms with E-state index in [0.29, 0.717) is 5.69 Å². The van der Waals surface area contributed by atoms with E-state index >= 15 is 0 Å². The van der Waals surface area contributed by atoms with Gasteiger partial charge in [-0.2, -0.15) is 9.78 Å². The second-order valence-electron chi connectivity index (χ2n) is 3.71. The molecule has 0 radical (unpaired) electrons. The normalized spacial score (nSPS) is 10.4. The number of aromatic nitrogens is 2. The highest BCUT2D eigenvalue weighted by atomic mass is 19.1. The molecule has 94 valence electrons. The van der Waals surface area contributed by atoms with Crippen LogP contribution in [-0.4, -0.2) is 28.0 Å². The Morgan fingerprint density at radius 2 is 2.17 bits per heavy atom. The van der Waals surface area contributed by atoms with Crippen LogP contribution in [0.15, 0.2) is 24.3 Å². The van der Waals surface area contributed by atoms with Crippen molar-refractivity contribution >= 4 is 5.97 Å². The van der Waals surface area contributed by atoms with Crippen LogP contribution in [0.25, 0.3) is 5.69 Å². The van der Waals surface area contributed by atoms with Crippen LogP contribution in [0.3, 0.4) is 0 Å². The first-order chi connectivity index (χ1) is 8.52. The molecule has 0 saturated carbocycles. The smallest absolute Gasteiger partial charge is 0.337 e. The monoisotopic (exact) mass is 250 g/mol. The number of halogens is 1. The van der Waals surface area contributed by atoms with Crippen LogP contribution in [0.1, 0.15) is 16.1 Å². The number of esters is 1. The summed E-state index contributed by atoms with van der Waals surface area (Å²) in [6, 6.07) is 5.21. The van der Waals surface area contributed by atoms with E-state index in [9.17, 15) is 14.3 Å². The van der Waals surface area contributed by atoms with Crippen LogP contribution in [0.2, 0.25) is 0 Å². The summed E-state index contributed by atoms with van der Waals surface area (Å²) in [4.78, 5) is 11.2. The Kier molecular flexibility index (Phi) is 3.01. The minimum Gasteiger partial charge on any atom is -0.493 e. The van der Waals surface area contributed by atoms with Crippen LogP contribution >= 0.6 is 0 Å². The Balaban J connectivity index is 2.48. The third-order valence-electron chi connectivity index (χ3n) is 2.41. The number of rotatable bonds is 2. The van der Waals surface area contributed by atoms with Crippen molar-refractivity contribution in [2.45, 2.75) is 6.92 Å². The van der Waals surface area contributed by atoms with E-state index in [4.69, 9.17) is 0 Å². The van der Waals surface area contributed by atoms with E-state index < -0.39 is 11.8 Å². The lowest BCUT2D eigenvalue weighted by Crippen LogP contribution is -2.05. The Labute approximate surface area is 102 Å². The highest BCUT2D eigenvalue weighted by molar-refractivity contribution is 5.89. The van der Waals surface area contributed by atoms with Gasteiger partial charge in [-0.1, -0.05) is 0 Å². The molecule has 6 heteroatoms. The molecule has 0 aliphatic rings. The minimum atomic E-state index is -0.670. The number of benzene rings is 1. The summed E-state index contributed by atoms with van der Waals surface area (Å²) in [5, 5.41) is 13.5. The number of hydrogen-bond acceptors (Lipinski definition) is 4. The fraction of sp³-hybridized carbons (Fsp3) is 0.167. The summed E-state index contributed by atoms with van der Waals surface area (Å²) in [5.74, 6) is -1.46. The molecule has 5 nitrogen and oxygen atoms in total. The van der Waals surface area contributed by atoms with Crippen molar-refractivity contribution in [3.8, 4) is 11.6 Å². The van der Waals surface area contributed by atoms with Gasteiger partial charge in [0.2, 0.25) is 5.88 Å². The maximum atomic E-state index is 13.8. The quantitative estimate of drug-likeness (QED) is 0.825. The predicted octanol–water partition coefficient (Wildman–Crippen LogP) is 1.81. The van der Waals surface area contributed by atoms with E-state index in [1.165, 1.54) is 25.3 Å². The zero-order valence-electron chi connectivity index (χ0n) is 9.85. The number of methoxy groups -OCH3 is 1. The van der Waals surface area contributed by atoms with Gasteiger partial charge in [0.25, 0.3) is 0 Å². The predicted molar refractivity (Wildman–Crippen MR) is 61.3 cm³/mol. The first kappa shape index (κ1) is 12.1. The summed E-state index contributed by atoms with van der Waals surface area (Å²) in [6.45, 7) is 1.68. The SMILES string of the molecule is COC(=O)c1ccc(-n2nc(C)cc2O)c(F)c1. The van der Waals surface area contributed by atoms with Gasteiger partial charge in [0.1, 0.15) is 11.5 Å². The van der Waals surface area contributed by atoms with Crippen LogP contribution in [0.5, 0.6) is 5.88 Å². The van der Waals surface area contributed by atoms with E-state index in [0.717, 1.165) is 10.7 Å². The van der Waals surface area contributed by atoms with Crippen molar-refractivity contribution in [2.75, 3.05) is 7.11 Å². The molecule has 2 aromatic rings. The van der Waals surface area contributed by atoms with Crippen molar-refractivity contribution in [1.29, 1.82) is 0 Å². The molecule has 1 N–H and O–H groups in total. The fourth-order valence-electron chi connectivity index (χ4n) is 1.59. The van der Waals surface area contributed by atoms with Crippen LogP contribution in [0, 0.1) is 12.7 Å². The number of nitrogens with zero attached hydrogens (tertiary/aromatic N) is 2. The number of ether oxygens (including phenoxy) is 1. The summed E-state index contributed by atoms with van der Waals surface area (Å²) < 4.78 is 19.4. The summed E-state index contributed by atoms with van der Waals surface area (Å²) in [6.07, 6.45) is 0. The molecule has 0 saturated heterocycles. The number of aryl methyl sites for hydroxylation is 1. The van der Waals surface area contributed by atoms with Gasteiger partial charge >= 0.3 is 5.97 Å². The number of carbonyl (C=O) groups is 1. The van der Waals surface area contributed by atoms with Crippen molar-refractivity contribution in [3.63, 3.8) is 0 Å². The van der Waals surface area contributed by atoms with Gasteiger partial charge in [0.05, 0.1) is 18.4 Å².